The summed E-state index contributed by atoms with van der Waals surface area (Å²) in [5.41, 5.74) is 14.2. The molecule has 2 heterocycles. The summed E-state index contributed by atoms with van der Waals surface area (Å²) in [7, 11) is 0. The Bertz CT molecular complexity index is 1360. The Hall–Kier alpha value is -3.44. The van der Waals surface area contributed by atoms with Crippen LogP contribution in [0.1, 0.15) is 37.4 Å². The highest BCUT2D eigenvalue weighted by Gasteiger charge is 2.37. The molecule has 0 unspecified atom stereocenters. The highest BCUT2D eigenvalue weighted by molar-refractivity contribution is 6.32. The Labute approximate surface area is 160 Å². The number of aryl methyl sites for hydroxylation is 1. The highest BCUT2D eigenvalue weighted by atomic mass is 16.2. The molecule has 5 heteroatoms. The second-order valence-corrected chi connectivity index (χ2v) is 7.50. The summed E-state index contributed by atoms with van der Waals surface area (Å²) in [6.45, 7) is 0.420. The molecule has 4 aromatic rings. The fourth-order valence-electron chi connectivity index (χ4n) is 4.86. The van der Waals surface area contributed by atoms with Crippen LogP contribution in [-0.2, 0) is 19.4 Å². The van der Waals surface area contributed by atoms with Gasteiger partial charge in [0.1, 0.15) is 0 Å². The van der Waals surface area contributed by atoms with Crippen LogP contribution in [0.25, 0.3) is 32.9 Å². The summed E-state index contributed by atoms with van der Waals surface area (Å²) in [4.78, 5) is 29.0. The van der Waals surface area contributed by atoms with Gasteiger partial charge in [-0.05, 0) is 47.2 Å². The summed E-state index contributed by atoms with van der Waals surface area (Å²) in [6.07, 6.45) is 1.61. The molecule has 136 valence electrons. The van der Waals surface area contributed by atoms with Gasteiger partial charge in [-0.25, -0.2) is 0 Å². The predicted molar refractivity (Wildman–Crippen MR) is 108 cm³/mol. The molecule has 0 atom stereocenters. The van der Waals surface area contributed by atoms with Crippen LogP contribution in [0.5, 0.6) is 0 Å². The Morgan fingerprint density at radius 3 is 2.61 bits per heavy atom. The van der Waals surface area contributed by atoms with Gasteiger partial charge in [-0.15, -0.1) is 0 Å². The molecule has 4 N–H and O–H groups in total. The molecule has 0 saturated heterocycles. The van der Waals surface area contributed by atoms with E-state index in [2.05, 4.69) is 22.4 Å². The molecule has 5 nitrogen and oxygen atoms in total. The third-order valence-electron chi connectivity index (χ3n) is 6.06. The zero-order chi connectivity index (χ0) is 19.0. The lowest BCUT2D eigenvalue weighted by Crippen LogP contribution is -2.20. The molecule has 0 spiro atoms. The minimum absolute atomic E-state index is 0.290. The van der Waals surface area contributed by atoms with Crippen LogP contribution < -0.4 is 11.1 Å². The maximum atomic E-state index is 12.7. The fraction of sp³-hybridized carbons (Fsp3) is 0.130. The second-order valence-electron chi connectivity index (χ2n) is 7.50. The SMILES string of the molecule is NCc1ccc2[nH]c3c4c(c5c(c3c2c1)C(=O)NC5=O)CCc1ccccc1-4. The van der Waals surface area contributed by atoms with Crippen molar-refractivity contribution in [3.05, 3.63) is 70.3 Å². The Morgan fingerprint density at radius 1 is 0.929 bits per heavy atom. The van der Waals surface area contributed by atoms with Crippen molar-refractivity contribution < 1.29 is 9.59 Å². The molecule has 2 amide bonds. The van der Waals surface area contributed by atoms with E-state index in [1.165, 1.54) is 5.56 Å². The van der Waals surface area contributed by atoms with Crippen LogP contribution in [0, 0.1) is 0 Å². The third kappa shape index (κ3) is 1.84. The summed E-state index contributed by atoms with van der Waals surface area (Å²) >= 11 is 0. The highest BCUT2D eigenvalue weighted by Crippen LogP contribution is 2.45. The van der Waals surface area contributed by atoms with Crippen molar-refractivity contribution in [2.24, 2.45) is 5.73 Å². The molecule has 0 radical (unpaired) electrons. The van der Waals surface area contributed by atoms with Gasteiger partial charge in [-0.3, -0.25) is 14.9 Å². The summed E-state index contributed by atoms with van der Waals surface area (Å²) in [5, 5.41) is 4.27. The number of hydrogen-bond donors (Lipinski definition) is 3. The number of carbonyl (C=O) groups is 2. The maximum Gasteiger partial charge on any atom is 0.259 e. The average molecular weight is 367 g/mol. The van der Waals surface area contributed by atoms with Gasteiger partial charge in [0.05, 0.1) is 16.6 Å². The molecule has 3 aromatic carbocycles. The number of H-pyrrole nitrogens is 1. The summed E-state index contributed by atoms with van der Waals surface area (Å²) < 4.78 is 0. The normalized spacial score (nSPS) is 14.9. The Balaban J connectivity index is 1.88. The van der Waals surface area contributed by atoms with E-state index in [4.69, 9.17) is 5.73 Å². The molecular weight excluding hydrogens is 350 g/mol. The van der Waals surface area contributed by atoms with Crippen molar-refractivity contribution >= 4 is 33.6 Å². The van der Waals surface area contributed by atoms with Gasteiger partial charge in [0.2, 0.25) is 0 Å². The standard InChI is InChI=1S/C23H17N3O2/c24-10-11-5-8-16-15(9-11)18-20-19(22(27)26-23(20)28)14-7-6-12-3-1-2-4-13(12)17(14)21(18)25-16/h1-5,8-9,25H,6-7,10,24H2,(H,26,27,28). The van der Waals surface area contributed by atoms with Crippen molar-refractivity contribution in [3.63, 3.8) is 0 Å². The first-order valence-electron chi connectivity index (χ1n) is 9.44. The van der Waals surface area contributed by atoms with Gasteiger partial charge in [0.15, 0.2) is 0 Å². The van der Waals surface area contributed by atoms with Crippen LogP contribution in [0.2, 0.25) is 0 Å². The molecule has 0 bridgehead atoms. The van der Waals surface area contributed by atoms with Crippen molar-refractivity contribution in [2.45, 2.75) is 19.4 Å². The molecule has 28 heavy (non-hydrogen) atoms. The zero-order valence-electron chi connectivity index (χ0n) is 15.1. The first-order chi connectivity index (χ1) is 13.7. The van der Waals surface area contributed by atoms with Crippen LogP contribution in [0.3, 0.4) is 0 Å². The second kappa shape index (κ2) is 5.30. The van der Waals surface area contributed by atoms with Gasteiger partial charge in [0, 0.05) is 28.4 Å². The first-order valence-corrected chi connectivity index (χ1v) is 9.44. The number of aromatic nitrogens is 1. The van der Waals surface area contributed by atoms with Gasteiger partial charge in [0.25, 0.3) is 11.8 Å². The van der Waals surface area contributed by atoms with Crippen molar-refractivity contribution in [2.75, 3.05) is 0 Å². The van der Waals surface area contributed by atoms with E-state index in [-0.39, 0.29) is 11.8 Å². The number of aromatic amines is 1. The van der Waals surface area contributed by atoms with Crippen molar-refractivity contribution in [1.82, 2.24) is 10.3 Å². The molecule has 1 aliphatic heterocycles. The van der Waals surface area contributed by atoms with Gasteiger partial charge >= 0.3 is 0 Å². The Kier molecular flexibility index (Phi) is 2.95. The van der Waals surface area contributed by atoms with Gasteiger partial charge < -0.3 is 10.7 Å². The van der Waals surface area contributed by atoms with E-state index in [1.807, 2.05) is 30.3 Å². The molecule has 2 aliphatic rings. The fourth-order valence-corrected chi connectivity index (χ4v) is 4.86. The van der Waals surface area contributed by atoms with E-state index >= 15 is 0 Å². The van der Waals surface area contributed by atoms with E-state index in [0.29, 0.717) is 17.7 Å². The van der Waals surface area contributed by atoms with Crippen LogP contribution >= 0.6 is 0 Å². The maximum absolute atomic E-state index is 12.7. The average Bonchev–Trinajstić information content (AvgIpc) is 3.23. The molecule has 1 aromatic heterocycles. The monoisotopic (exact) mass is 367 g/mol. The lowest BCUT2D eigenvalue weighted by Gasteiger charge is -2.22. The molecule has 0 saturated carbocycles. The number of rotatable bonds is 1. The number of carbonyl (C=O) groups excluding carboxylic acids is 2. The van der Waals surface area contributed by atoms with Crippen LogP contribution in [-0.4, -0.2) is 16.8 Å². The minimum atomic E-state index is -0.314. The third-order valence-corrected chi connectivity index (χ3v) is 6.06. The number of benzene rings is 3. The smallest absolute Gasteiger partial charge is 0.259 e. The summed E-state index contributed by atoms with van der Waals surface area (Å²) in [6, 6.07) is 14.3. The molecule has 1 aliphatic carbocycles. The minimum Gasteiger partial charge on any atom is -0.354 e. The van der Waals surface area contributed by atoms with Crippen LogP contribution in [0.4, 0.5) is 0 Å². The number of amides is 2. The van der Waals surface area contributed by atoms with E-state index in [1.54, 1.807) is 0 Å². The van der Waals surface area contributed by atoms with Gasteiger partial charge in [-0.2, -0.15) is 0 Å². The Morgan fingerprint density at radius 2 is 1.75 bits per heavy atom. The van der Waals surface area contributed by atoms with E-state index < -0.39 is 0 Å². The zero-order valence-corrected chi connectivity index (χ0v) is 15.1. The number of nitrogens with one attached hydrogen (secondary N) is 2. The number of imide groups is 1. The van der Waals surface area contributed by atoms with E-state index in [0.717, 1.165) is 56.9 Å². The van der Waals surface area contributed by atoms with Crippen molar-refractivity contribution in [1.29, 1.82) is 0 Å². The quantitative estimate of drug-likeness (QED) is 0.450. The number of nitrogens with two attached hydrogens (primary N) is 1. The predicted octanol–water partition coefficient (Wildman–Crippen LogP) is 3.43. The number of hydrogen-bond acceptors (Lipinski definition) is 3. The van der Waals surface area contributed by atoms with Crippen molar-refractivity contribution in [3.8, 4) is 11.1 Å². The molecule has 6 rings (SSSR count). The lowest BCUT2D eigenvalue weighted by atomic mass is 9.80. The number of fused-ring (bicyclic) bond motifs is 10. The molecular formula is C23H17N3O2. The van der Waals surface area contributed by atoms with E-state index in [9.17, 15) is 9.59 Å². The topological polar surface area (TPSA) is 88.0 Å². The van der Waals surface area contributed by atoms with Gasteiger partial charge in [-0.1, -0.05) is 30.3 Å². The largest absolute Gasteiger partial charge is 0.354 e. The summed E-state index contributed by atoms with van der Waals surface area (Å²) in [5.74, 6) is -0.604. The van der Waals surface area contributed by atoms with Crippen LogP contribution in [0.15, 0.2) is 42.5 Å². The first kappa shape index (κ1) is 15.6. The lowest BCUT2D eigenvalue weighted by molar-refractivity contribution is 0.0880. The molecule has 0 fully saturated rings.